The Morgan fingerprint density at radius 2 is 1.52 bits per heavy atom. The minimum Gasteiger partial charge on any atom is -0.505 e. The fourth-order valence-electron chi connectivity index (χ4n) is 1.79. The lowest BCUT2D eigenvalue weighted by Crippen LogP contribution is -2.47. The summed E-state index contributed by atoms with van der Waals surface area (Å²) in [5.41, 5.74) is 0. The highest BCUT2D eigenvalue weighted by Crippen LogP contribution is 2.12. The number of piperazine rings is 1. The zero-order chi connectivity index (χ0) is 16.1. The molecule has 122 valence electrons. The van der Waals surface area contributed by atoms with E-state index in [1.807, 2.05) is 13.8 Å². The summed E-state index contributed by atoms with van der Waals surface area (Å²) in [6.07, 6.45) is 4.06. The van der Waals surface area contributed by atoms with Crippen LogP contribution < -0.4 is 4.90 Å². The minimum atomic E-state index is 0.0858. The van der Waals surface area contributed by atoms with Crippen molar-refractivity contribution in [2.24, 2.45) is 0 Å². The van der Waals surface area contributed by atoms with Gasteiger partial charge in [-0.15, -0.1) is 0 Å². The van der Waals surface area contributed by atoms with Gasteiger partial charge in [0.2, 0.25) is 5.95 Å². The van der Waals surface area contributed by atoms with Crippen LogP contribution in [0.3, 0.4) is 0 Å². The van der Waals surface area contributed by atoms with Gasteiger partial charge in [0.05, 0.1) is 19.0 Å². The standard InChI is InChI=1S/C10H16N4O2.C3H8.C2H6/c15-6-5-13-1-3-14(4-2-13)10-11-7-9(16)8-12-10;1-3-2;1-2/h7-8,15-16H,1-6H2;3H2,1-2H3;1-2H3. The first kappa shape index (κ1) is 19.6. The topological polar surface area (TPSA) is 72.7 Å². The second kappa shape index (κ2) is 12.3. The number of aromatic hydroxyl groups is 1. The summed E-state index contributed by atoms with van der Waals surface area (Å²) in [5, 5.41) is 17.9. The van der Waals surface area contributed by atoms with E-state index >= 15 is 0 Å². The van der Waals surface area contributed by atoms with Gasteiger partial charge in [-0.25, -0.2) is 9.97 Å². The Morgan fingerprint density at radius 3 is 1.95 bits per heavy atom. The lowest BCUT2D eigenvalue weighted by atomic mass is 10.3. The fourth-order valence-corrected chi connectivity index (χ4v) is 1.79. The summed E-state index contributed by atoms with van der Waals surface area (Å²) in [6.45, 7) is 12.7. The van der Waals surface area contributed by atoms with Crippen LogP contribution in [-0.2, 0) is 0 Å². The zero-order valence-corrected chi connectivity index (χ0v) is 13.8. The molecule has 0 aromatic carbocycles. The molecule has 0 amide bonds. The van der Waals surface area contributed by atoms with Crippen LogP contribution in [0.2, 0.25) is 0 Å². The molecule has 6 nitrogen and oxygen atoms in total. The molecule has 0 spiro atoms. The number of aromatic nitrogens is 2. The Kier molecular flexibility index (Phi) is 11.5. The fraction of sp³-hybridized carbons (Fsp3) is 0.733. The monoisotopic (exact) mass is 298 g/mol. The molecular formula is C15H30N4O2. The SMILES string of the molecule is CC.CCC.OCCN1CCN(c2ncc(O)cn2)CC1. The number of β-amino-alcohol motifs (C(OH)–C–C–N with tert-alkyl or cyclic N) is 1. The van der Waals surface area contributed by atoms with E-state index in [-0.39, 0.29) is 12.4 Å². The molecule has 21 heavy (non-hydrogen) atoms. The van der Waals surface area contributed by atoms with Crippen molar-refractivity contribution in [1.82, 2.24) is 14.9 Å². The number of hydrogen-bond donors (Lipinski definition) is 2. The average molecular weight is 298 g/mol. The molecule has 2 heterocycles. The second-order valence-electron chi connectivity index (χ2n) is 4.50. The highest BCUT2D eigenvalue weighted by molar-refractivity contribution is 5.31. The average Bonchev–Trinajstić information content (AvgIpc) is 2.52. The highest BCUT2D eigenvalue weighted by Gasteiger charge is 2.18. The van der Waals surface area contributed by atoms with Crippen LogP contribution in [0.1, 0.15) is 34.1 Å². The van der Waals surface area contributed by atoms with Gasteiger partial charge >= 0.3 is 0 Å². The van der Waals surface area contributed by atoms with Crippen molar-refractivity contribution in [3.8, 4) is 5.75 Å². The molecular weight excluding hydrogens is 268 g/mol. The lowest BCUT2D eigenvalue weighted by molar-refractivity contribution is 0.188. The van der Waals surface area contributed by atoms with Crippen molar-refractivity contribution in [2.75, 3.05) is 44.2 Å². The maximum Gasteiger partial charge on any atom is 0.225 e. The Labute approximate surface area is 128 Å². The van der Waals surface area contributed by atoms with Gasteiger partial charge in [0.15, 0.2) is 5.75 Å². The van der Waals surface area contributed by atoms with Crippen LogP contribution in [0.5, 0.6) is 5.75 Å². The first-order valence-electron chi connectivity index (χ1n) is 7.80. The third-order valence-corrected chi connectivity index (χ3v) is 2.70. The molecule has 2 rings (SSSR count). The Morgan fingerprint density at radius 1 is 1.05 bits per heavy atom. The first-order chi connectivity index (χ1) is 10.2. The van der Waals surface area contributed by atoms with Crippen molar-refractivity contribution in [3.63, 3.8) is 0 Å². The Balaban J connectivity index is 0.000000713. The quantitative estimate of drug-likeness (QED) is 0.885. The summed E-state index contributed by atoms with van der Waals surface area (Å²) in [5.74, 6) is 0.740. The van der Waals surface area contributed by atoms with Crippen LogP contribution in [0.25, 0.3) is 0 Å². The van der Waals surface area contributed by atoms with Gasteiger partial charge in [0, 0.05) is 32.7 Å². The molecule has 1 fully saturated rings. The van der Waals surface area contributed by atoms with Gasteiger partial charge in [-0.05, 0) is 0 Å². The van der Waals surface area contributed by atoms with E-state index in [0.29, 0.717) is 5.95 Å². The van der Waals surface area contributed by atoms with Crippen LogP contribution >= 0.6 is 0 Å². The van der Waals surface area contributed by atoms with E-state index < -0.39 is 0 Å². The molecule has 1 aromatic heterocycles. The summed E-state index contributed by atoms with van der Waals surface area (Å²) in [6, 6.07) is 0. The normalized spacial score (nSPS) is 14.6. The maximum atomic E-state index is 9.09. The van der Waals surface area contributed by atoms with Crippen LogP contribution in [0.15, 0.2) is 12.4 Å². The zero-order valence-electron chi connectivity index (χ0n) is 13.8. The van der Waals surface area contributed by atoms with Crippen molar-refractivity contribution >= 4 is 5.95 Å². The smallest absolute Gasteiger partial charge is 0.225 e. The van der Waals surface area contributed by atoms with Crippen LogP contribution in [-0.4, -0.2) is 64.4 Å². The van der Waals surface area contributed by atoms with E-state index in [4.69, 9.17) is 10.2 Å². The number of aliphatic hydroxyl groups is 1. The highest BCUT2D eigenvalue weighted by atomic mass is 16.3. The van der Waals surface area contributed by atoms with Crippen molar-refractivity contribution < 1.29 is 10.2 Å². The van der Waals surface area contributed by atoms with E-state index in [2.05, 4.69) is 33.6 Å². The van der Waals surface area contributed by atoms with Crippen molar-refractivity contribution in [3.05, 3.63) is 12.4 Å². The molecule has 0 unspecified atom stereocenters. The molecule has 1 aliphatic rings. The van der Waals surface area contributed by atoms with Gasteiger partial charge < -0.3 is 15.1 Å². The summed E-state index contributed by atoms with van der Waals surface area (Å²) in [7, 11) is 0. The first-order valence-corrected chi connectivity index (χ1v) is 7.80. The number of aliphatic hydroxyl groups excluding tert-OH is 1. The third-order valence-electron chi connectivity index (χ3n) is 2.70. The third kappa shape index (κ3) is 7.82. The number of nitrogens with zero attached hydrogens (tertiary/aromatic N) is 4. The van der Waals surface area contributed by atoms with Crippen LogP contribution in [0.4, 0.5) is 5.95 Å². The molecule has 6 heteroatoms. The van der Waals surface area contributed by atoms with E-state index in [1.54, 1.807) is 0 Å². The number of anilines is 1. The molecule has 1 saturated heterocycles. The van der Waals surface area contributed by atoms with Crippen molar-refractivity contribution in [2.45, 2.75) is 34.1 Å². The largest absolute Gasteiger partial charge is 0.505 e. The molecule has 0 aliphatic carbocycles. The van der Waals surface area contributed by atoms with Gasteiger partial charge in [0.1, 0.15) is 0 Å². The summed E-state index contributed by atoms with van der Waals surface area (Å²) >= 11 is 0. The van der Waals surface area contributed by atoms with Crippen molar-refractivity contribution in [1.29, 1.82) is 0 Å². The van der Waals surface area contributed by atoms with E-state index in [9.17, 15) is 0 Å². The number of hydrogen-bond acceptors (Lipinski definition) is 6. The molecule has 0 atom stereocenters. The Bertz CT molecular complexity index is 338. The molecule has 1 aromatic rings. The van der Waals surface area contributed by atoms with Crippen LogP contribution in [0, 0.1) is 0 Å². The molecule has 0 bridgehead atoms. The summed E-state index contributed by atoms with van der Waals surface area (Å²) < 4.78 is 0. The maximum absolute atomic E-state index is 9.09. The van der Waals surface area contributed by atoms with Gasteiger partial charge in [-0.2, -0.15) is 0 Å². The van der Waals surface area contributed by atoms with Gasteiger partial charge in [-0.3, -0.25) is 4.90 Å². The van der Waals surface area contributed by atoms with Gasteiger partial charge in [-0.1, -0.05) is 34.1 Å². The molecule has 0 radical (unpaired) electrons. The Hall–Kier alpha value is -1.40. The summed E-state index contributed by atoms with van der Waals surface area (Å²) in [4.78, 5) is 12.4. The number of rotatable bonds is 3. The second-order valence-corrected chi connectivity index (χ2v) is 4.50. The molecule has 1 aliphatic heterocycles. The van der Waals surface area contributed by atoms with E-state index in [0.717, 1.165) is 32.7 Å². The minimum absolute atomic E-state index is 0.0858. The predicted octanol–water partition coefficient (Wildman–Crippen LogP) is 1.74. The molecule has 2 N–H and O–H groups in total. The molecule has 0 saturated carbocycles. The lowest BCUT2D eigenvalue weighted by Gasteiger charge is -2.34. The van der Waals surface area contributed by atoms with Gasteiger partial charge in [0.25, 0.3) is 0 Å². The van der Waals surface area contributed by atoms with E-state index in [1.165, 1.54) is 18.8 Å². The predicted molar refractivity (Wildman–Crippen MR) is 86.7 cm³/mol.